The minimum atomic E-state index is 0.294. The number of allylic oxidation sites excluding steroid dienone is 4. The fraction of sp³-hybridized carbons (Fsp3) is 0.891. The van der Waals surface area contributed by atoms with Crippen LogP contribution in [0.25, 0.3) is 0 Å². The van der Waals surface area contributed by atoms with Gasteiger partial charge in [0.25, 0.3) is 0 Å². The van der Waals surface area contributed by atoms with Crippen molar-refractivity contribution in [3.63, 3.8) is 0 Å². The van der Waals surface area contributed by atoms with Crippen LogP contribution in [0.2, 0.25) is 0 Å². The first-order valence-corrected chi connectivity index (χ1v) is 26.2. The van der Waals surface area contributed by atoms with E-state index in [1.165, 1.54) is 161 Å². The molecule has 58 heavy (non-hydrogen) atoms. The summed E-state index contributed by atoms with van der Waals surface area (Å²) in [6.45, 7) is 13.2. The molecule has 0 amide bonds. The standard InChI is InChI=1S/C55H95NO2/c1-41(2)14-13-15-42(3)36-37-58-55-40-49(54(57-6)39-50(55)30-23-46-18-11-8-12-19-46)29-24-48-27-34-52(35-28-48)56(53-31-20-43(4)44(5)38-53)51-32-25-47(26-33-51)22-21-45-16-9-7-10-17-45/h21-24,29-30,41-55H,7-20,25-28,31-40H2,1-6H3. The van der Waals surface area contributed by atoms with E-state index in [0.717, 1.165) is 84.9 Å². The normalized spacial score (nSPS) is 37.1. The van der Waals surface area contributed by atoms with Crippen LogP contribution in [0.3, 0.4) is 0 Å². The molecule has 6 aliphatic rings. The third kappa shape index (κ3) is 14.6. The Balaban J connectivity index is 1.04. The van der Waals surface area contributed by atoms with E-state index < -0.39 is 0 Å². The molecular weight excluding hydrogens is 707 g/mol. The van der Waals surface area contributed by atoms with E-state index in [-0.39, 0.29) is 0 Å². The topological polar surface area (TPSA) is 21.7 Å². The summed E-state index contributed by atoms with van der Waals surface area (Å²) in [7, 11) is 1.97. The highest BCUT2D eigenvalue weighted by molar-refractivity contribution is 5.07. The van der Waals surface area contributed by atoms with Crippen LogP contribution in [0.15, 0.2) is 36.5 Å². The largest absolute Gasteiger partial charge is 0.381 e. The third-order valence-corrected chi connectivity index (χ3v) is 17.2. The highest BCUT2D eigenvalue weighted by Gasteiger charge is 2.40. The molecule has 0 aromatic carbocycles. The second-order valence-corrected chi connectivity index (χ2v) is 22.2. The maximum Gasteiger partial charge on any atom is 0.0645 e. The summed E-state index contributed by atoms with van der Waals surface area (Å²) in [6, 6.07) is 2.41. The lowest BCUT2D eigenvalue weighted by atomic mass is 9.74. The molecule has 0 aliphatic heterocycles. The Labute approximate surface area is 360 Å². The van der Waals surface area contributed by atoms with Crippen LogP contribution >= 0.6 is 0 Å². The van der Waals surface area contributed by atoms with Gasteiger partial charge in [-0.25, -0.2) is 0 Å². The molecule has 6 saturated carbocycles. The average molecular weight is 802 g/mol. The zero-order valence-corrected chi connectivity index (χ0v) is 39.2. The summed E-state index contributed by atoms with van der Waals surface area (Å²) >= 11 is 0. The SMILES string of the molecule is COC1CC(C=CC2CCCCC2)C(OCCC(C)CCCC(C)C)CC1C=CC1CCC(N(C2CCC(C=CC3CCCCC3)CC2)C2CCC(C)C(C)C2)CC1. The summed E-state index contributed by atoms with van der Waals surface area (Å²) in [6.07, 6.45) is 53.6. The van der Waals surface area contributed by atoms with Crippen LogP contribution in [0.5, 0.6) is 0 Å². The van der Waals surface area contributed by atoms with Gasteiger partial charge in [0.15, 0.2) is 0 Å². The van der Waals surface area contributed by atoms with Crippen LogP contribution in [0.4, 0.5) is 0 Å². The van der Waals surface area contributed by atoms with Gasteiger partial charge in [-0.2, -0.15) is 0 Å². The van der Waals surface area contributed by atoms with E-state index in [1.807, 2.05) is 7.11 Å². The molecule has 3 heteroatoms. The molecule has 0 heterocycles. The zero-order valence-electron chi connectivity index (χ0n) is 39.2. The Morgan fingerprint density at radius 1 is 0.483 bits per heavy atom. The molecule has 6 fully saturated rings. The Kier molecular flexibility index (Phi) is 19.8. The van der Waals surface area contributed by atoms with Crippen molar-refractivity contribution in [1.82, 2.24) is 4.90 Å². The molecule has 0 bridgehead atoms. The Morgan fingerprint density at radius 2 is 0.966 bits per heavy atom. The van der Waals surface area contributed by atoms with Gasteiger partial charge in [0.1, 0.15) is 0 Å². The second-order valence-electron chi connectivity index (χ2n) is 22.2. The van der Waals surface area contributed by atoms with Crippen LogP contribution in [-0.2, 0) is 9.47 Å². The summed E-state index contributed by atoms with van der Waals surface area (Å²) < 4.78 is 13.2. The first kappa shape index (κ1) is 46.6. The predicted octanol–water partition coefficient (Wildman–Crippen LogP) is 15.3. The van der Waals surface area contributed by atoms with Gasteiger partial charge in [-0.15, -0.1) is 0 Å². The lowest BCUT2D eigenvalue weighted by Gasteiger charge is -2.50. The average Bonchev–Trinajstić information content (AvgIpc) is 3.24. The summed E-state index contributed by atoms with van der Waals surface area (Å²) in [4.78, 5) is 3.19. The molecule has 332 valence electrons. The number of hydrogen-bond donors (Lipinski definition) is 0. The van der Waals surface area contributed by atoms with Gasteiger partial charge >= 0.3 is 0 Å². The van der Waals surface area contributed by atoms with Crippen molar-refractivity contribution in [1.29, 1.82) is 0 Å². The van der Waals surface area contributed by atoms with Crippen LogP contribution in [0.1, 0.15) is 208 Å². The molecule has 6 rings (SSSR count). The monoisotopic (exact) mass is 802 g/mol. The van der Waals surface area contributed by atoms with Crippen molar-refractivity contribution >= 4 is 0 Å². The maximum absolute atomic E-state index is 6.92. The van der Waals surface area contributed by atoms with Crippen molar-refractivity contribution < 1.29 is 9.47 Å². The highest BCUT2D eigenvalue weighted by atomic mass is 16.5. The van der Waals surface area contributed by atoms with Crippen molar-refractivity contribution in [3.8, 4) is 0 Å². The fourth-order valence-corrected chi connectivity index (χ4v) is 12.9. The van der Waals surface area contributed by atoms with Gasteiger partial charge in [-0.1, -0.05) is 129 Å². The van der Waals surface area contributed by atoms with Gasteiger partial charge in [-0.05, 0) is 163 Å². The van der Waals surface area contributed by atoms with E-state index in [0.29, 0.717) is 24.0 Å². The molecule has 0 saturated heterocycles. The summed E-state index contributed by atoms with van der Waals surface area (Å²) in [5, 5.41) is 0. The van der Waals surface area contributed by atoms with Crippen molar-refractivity contribution in [2.24, 2.45) is 59.2 Å². The molecule has 0 spiro atoms. The molecular formula is C55H95NO2. The van der Waals surface area contributed by atoms with Gasteiger partial charge in [0.2, 0.25) is 0 Å². The molecule has 0 aromatic rings. The lowest BCUT2D eigenvalue weighted by Crippen LogP contribution is -2.53. The van der Waals surface area contributed by atoms with E-state index >= 15 is 0 Å². The van der Waals surface area contributed by atoms with Crippen LogP contribution in [-0.4, -0.2) is 49.0 Å². The van der Waals surface area contributed by atoms with Gasteiger partial charge < -0.3 is 9.47 Å². The number of hydrogen-bond acceptors (Lipinski definition) is 3. The molecule has 6 aliphatic carbocycles. The summed E-state index contributed by atoms with van der Waals surface area (Å²) in [5.41, 5.74) is 0. The van der Waals surface area contributed by atoms with Crippen molar-refractivity contribution in [2.45, 2.75) is 238 Å². The first-order valence-electron chi connectivity index (χ1n) is 26.2. The molecule has 0 radical (unpaired) electrons. The predicted molar refractivity (Wildman–Crippen MR) is 249 cm³/mol. The molecule has 3 nitrogen and oxygen atoms in total. The number of nitrogens with zero attached hydrogens (tertiary/aromatic N) is 1. The van der Waals surface area contributed by atoms with E-state index in [2.05, 4.69) is 76.0 Å². The van der Waals surface area contributed by atoms with E-state index in [1.54, 1.807) is 0 Å². The Bertz CT molecular complexity index is 1190. The Morgan fingerprint density at radius 3 is 1.48 bits per heavy atom. The molecule has 0 N–H and O–H groups in total. The number of ether oxygens (including phenoxy) is 2. The number of methoxy groups -OCH3 is 1. The van der Waals surface area contributed by atoms with Gasteiger partial charge in [0.05, 0.1) is 12.2 Å². The minimum Gasteiger partial charge on any atom is -0.381 e. The summed E-state index contributed by atoms with van der Waals surface area (Å²) in [5.74, 6) is 7.46. The van der Waals surface area contributed by atoms with E-state index in [4.69, 9.17) is 9.47 Å². The van der Waals surface area contributed by atoms with Crippen molar-refractivity contribution in [3.05, 3.63) is 36.5 Å². The minimum absolute atomic E-state index is 0.294. The van der Waals surface area contributed by atoms with Gasteiger partial charge in [0, 0.05) is 43.7 Å². The first-order chi connectivity index (χ1) is 28.2. The quantitative estimate of drug-likeness (QED) is 0.129. The second kappa shape index (κ2) is 24.7. The van der Waals surface area contributed by atoms with Crippen LogP contribution < -0.4 is 0 Å². The zero-order chi connectivity index (χ0) is 40.7. The third-order valence-electron chi connectivity index (χ3n) is 17.2. The van der Waals surface area contributed by atoms with E-state index in [9.17, 15) is 0 Å². The molecule has 0 aromatic heterocycles. The smallest absolute Gasteiger partial charge is 0.0645 e. The van der Waals surface area contributed by atoms with Crippen LogP contribution in [0, 0.1) is 59.2 Å². The number of rotatable bonds is 18. The Hall–Kier alpha value is -0.900. The lowest BCUT2D eigenvalue weighted by molar-refractivity contribution is -0.0615. The fourth-order valence-electron chi connectivity index (χ4n) is 12.9. The maximum atomic E-state index is 6.92. The molecule has 8 atom stereocenters. The highest BCUT2D eigenvalue weighted by Crippen LogP contribution is 2.42. The molecule has 8 unspecified atom stereocenters. The van der Waals surface area contributed by atoms with Gasteiger partial charge in [-0.3, -0.25) is 4.90 Å². The van der Waals surface area contributed by atoms with Crippen molar-refractivity contribution in [2.75, 3.05) is 13.7 Å².